The van der Waals surface area contributed by atoms with Crippen LogP contribution < -0.4 is 14.8 Å². The van der Waals surface area contributed by atoms with Crippen LogP contribution in [0, 0.1) is 6.92 Å². The summed E-state index contributed by atoms with van der Waals surface area (Å²) in [6.07, 6.45) is -4.54. The van der Waals surface area contributed by atoms with Crippen molar-refractivity contribution in [2.45, 2.75) is 13.1 Å². The van der Waals surface area contributed by atoms with E-state index in [0.29, 0.717) is 11.5 Å². The third-order valence-electron chi connectivity index (χ3n) is 3.34. The molecule has 1 aromatic carbocycles. The van der Waals surface area contributed by atoms with Crippen molar-refractivity contribution in [2.24, 2.45) is 0 Å². The maximum Gasteiger partial charge on any atom is 0.433 e. The second-order valence-corrected chi connectivity index (χ2v) is 5.11. The van der Waals surface area contributed by atoms with Crippen LogP contribution in [0.2, 0.25) is 0 Å². The summed E-state index contributed by atoms with van der Waals surface area (Å²) in [5.41, 5.74) is -0.912. The lowest BCUT2D eigenvalue weighted by atomic mass is 10.1. The highest BCUT2D eigenvalue weighted by Crippen LogP contribution is 2.28. The van der Waals surface area contributed by atoms with Crippen LogP contribution in [0.15, 0.2) is 36.4 Å². The van der Waals surface area contributed by atoms with Crippen molar-refractivity contribution in [1.29, 1.82) is 0 Å². The van der Waals surface area contributed by atoms with Gasteiger partial charge >= 0.3 is 6.18 Å². The number of ether oxygens (including phenoxy) is 2. The van der Waals surface area contributed by atoms with Crippen LogP contribution in [-0.2, 0) is 6.18 Å². The van der Waals surface area contributed by atoms with Crippen LogP contribution in [-0.4, -0.2) is 31.2 Å². The predicted octanol–water partition coefficient (Wildman–Crippen LogP) is 3.23. The second-order valence-electron chi connectivity index (χ2n) is 5.11. The first-order valence-electron chi connectivity index (χ1n) is 7.41. The van der Waals surface area contributed by atoms with Gasteiger partial charge in [-0.25, -0.2) is 4.98 Å². The maximum absolute atomic E-state index is 12.6. The zero-order valence-corrected chi connectivity index (χ0v) is 13.7. The SMILES string of the molecule is COc1ccc(OCCNC(=O)c2ccc(C(F)(F)F)nc2C)cc1. The molecule has 0 bridgehead atoms. The Labute approximate surface area is 142 Å². The highest BCUT2D eigenvalue weighted by Gasteiger charge is 2.33. The summed E-state index contributed by atoms with van der Waals surface area (Å²) < 4.78 is 48.2. The van der Waals surface area contributed by atoms with E-state index in [4.69, 9.17) is 9.47 Å². The van der Waals surface area contributed by atoms with Gasteiger partial charge in [0.2, 0.25) is 0 Å². The molecule has 5 nitrogen and oxygen atoms in total. The number of halogens is 3. The van der Waals surface area contributed by atoms with Crippen molar-refractivity contribution in [3.8, 4) is 11.5 Å². The zero-order valence-electron chi connectivity index (χ0n) is 13.7. The maximum atomic E-state index is 12.6. The van der Waals surface area contributed by atoms with E-state index < -0.39 is 17.8 Å². The Kier molecular flexibility index (Phi) is 5.84. The molecule has 1 aromatic heterocycles. The number of aromatic nitrogens is 1. The summed E-state index contributed by atoms with van der Waals surface area (Å²) in [4.78, 5) is 15.4. The second kappa shape index (κ2) is 7.87. The van der Waals surface area contributed by atoms with Crippen LogP contribution in [0.5, 0.6) is 11.5 Å². The summed E-state index contributed by atoms with van der Waals surface area (Å²) >= 11 is 0. The van der Waals surface area contributed by atoms with Gasteiger partial charge in [-0.15, -0.1) is 0 Å². The number of nitrogens with one attached hydrogen (secondary N) is 1. The third-order valence-corrected chi connectivity index (χ3v) is 3.34. The third kappa shape index (κ3) is 5.10. The Morgan fingerprint density at radius 2 is 1.76 bits per heavy atom. The van der Waals surface area contributed by atoms with Gasteiger partial charge in [0.1, 0.15) is 23.8 Å². The molecule has 1 N–H and O–H groups in total. The molecule has 0 aliphatic carbocycles. The lowest BCUT2D eigenvalue weighted by Gasteiger charge is -2.11. The van der Waals surface area contributed by atoms with E-state index in [-0.39, 0.29) is 24.4 Å². The molecule has 1 amide bonds. The van der Waals surface area contributed by atoms with E-state index in [1.807, 2.05) is 0 Å². The highest BCUT2D eigenvalue weighted by molar-refractivity contribution is 5.95. The first-order valence-corrected chi connectivity index (χ1v) is 7.41. The quantitative estimate of drug-likeness (QED) is 0.809. The van der Waals surface area contributed by atoms with Crippen molar-refractivity contribution in [2.75, 3.05) is 20.3 Å². The number of benzene rings is 1. The van der Waals surface area contributed by atoms with Crippen molar-refractivity contribution in [1.82, 2.24) is 10.3 Å². The molecule has 2 aromatic rings. The van der Waals surface area contributed by atoms with Gasteiger partial charge in [-0.2, -0.15) is 13.2 Å². The molecule has 8 heteroatoms. The summed E-state index contributed by atoms with van der Waals surface area (Å²) in [7, 11) is 1.56. The van der Waals surface area contributed by atoms with Gasteiger partial charge in [0, 0.05) is 0 Å². The zero-order chi connectivity index (χ0) is 18.4. The fourth-order valence-electron chi connectivity index (χ4n) is 2.06. The van der Waals surface area contributed by atoms with Gasteiger partial charge in [-0.3, -0.25) is 4.79 Å². The highest BCUT2D eigenvalue weighted by atomic mass is 19.4. The van der Waals surface area contributed by atoms with Crippen LogP contribution in [0.25, 0.3) is 0 Å². The van der Waals surface area contributed by atoms with E-state index in [9.17, 15) is 18.0 Å². The van der Waals surface area contributed by atoms with Crippen LogP contribution >= 0.6 is 0 Å². The molecule has 134 valence electrons. The van der Waals surface area contributed by atoms with Gasteiger partial charge in [-0.1, -0.05) is 0 Å². The summed E-state index contributed by atoms with van der Waals surface area (Å²) in [6.45, 7) is 1.77. The first-order chi connectivity index (χ1) is 11.8. The minimum absolute atomic E-state index is 0.0170. The molecule has 0 aliphatic rings. The van der Waals surface area contributed by atoms with Crippen molar-refractivity contribution < 1.29 is 27.4 Å². The average Bonchev–Trinajstić information content (AvgIpc) is 2.58. The number of alkyl halides is 3. The van der Waals surface area contributed by atoms with Crippen molar-refractivity contribution in [3.05, 3.63) is 53.3 Å². The predicted molar refractivity (Wildman–Crippen MR) is 84.8 cm³/mol. The molecule has 0 unspecified atom stereocenters. The Morgan fingerprint density at radius 3 is 2.32 bits per heavy atom. The van der Waals surface area contributed by atoms with Crippen LogP contribution in [0.1, 0.15) is 21.7 Å². The van der Waals surface area contributed by atoms with Gasteiger partial charge < -0.3 is 14.8 Å². The first kappa shape index (κ1) is 18.6. The van der Waals surface area contributed by atoms with Crippen LogP contribution in [0.3, 0.4) is 0 Å². The topological polar surface area (TPSA) is 60.5 Å². The fourth-order valence-corrected chi connectivity index (χ4v) is 2.06. The standard InChI is InChI=1S/C17H17F3N2O3/c1-11-14(7-8-15(22-11)17(18,19)20)16(23)21-9-10-25-13-5-3-12(24-2)4-6-13/h3-8H,9-10H2,1-2H3,(H,21,23). The number of rotatable bonds is 6. The largest absolute Gasteiger partial charge is 0.497 e. The minimum atomic E-state index is -4.54. The molecular formula is C17H17F3N2O3. The monoisotopic (exact) mass is 354 g/mol. The normalized spacial score (nSPS) is 11.1. The molecule has 0 saturated heterocycles. The van der Waals surface area contributed by atoms with E-state index in [1.54, 1.807) is 31.4 Å². The Hall–Kier alpha value is -2.77. The number of hydrogen-bond donors (Lipinski definition) is 1. The molecule has 0 spiro atoms. The lowest BCUT2D eigenvalue weighted by Crippen LogP contribution is -2.29. The average molecular weight is 354 g/mol. The summed E-state index contributed by atoms with van der Waals surface area (Å²) in [6, 6.07) is 8.84. The molecule has 1 heterocycles. The van der Waals surface area contributed by atoms with Crippen molar-refractivity contribution >= 4 is 5.91 Å². The van der Waals surface area contributed by atoms with Crippen LogP contribution in [0.4, 0.5) is 13.2 Å². The Balaban J connectivity index is 1.85. The van der Waals surface area contributed by atoms with Gasteiger partial charge in [0.05, 0.1) is 24.9 Å². The number of aryl methyl sites for hydroxylation is 1. The number of carbonyl (C=O) groups excluding carboxylic acids is 1. The number of hydrogen-bond acceptors (Lipinski definition) is 4. The van der Waals surface area contributed by atoms with Gasteiger partial charge in [-0.05, 0) is 43.3 Å². The van der Waals surface area contributed by atoms with Crippen molar-refractivity contribution in [3.63, 3.8) is 0 Å². The number of amides is 1. The van der Waals surface area contributed by atoms with E-state index >= 15 is 0 Å². The smallest absolute Gasteiger partial charge is 0.433 e. The number of pyridine rings is 1. The fraction of sp³-hybridized carbons (Fsp3) is 0.294. The number of nitrogens with zero attached hydrogens (tertiary/aromatic N) is 1. The molecule has 0 saturated carbocycles. The molecule has 0 fully saturated rings. The molecule has 0 radical (unpaired) electrons. The number of carbonyl (C=O) groups is 1. The van der Waals surface area contributed by atoms with Gasteiger partial charge in [0.15, 0.2) is 0 Å². The Bertz CT molecular complexity index is 731. The molecule has 25 heavy (non-hydrogen) atoms. The van der Waals surface area contributed by atoms with E-state index in [2.05, 4.69) is 10.3 Å². The number of methoxy groups -OCH3 is 1. The van der Waals surface area contributed by atoms with Gasteiger partial charge in [0.25, 0.3) is 5.91 Å². The van der Waals surface area contributed by atoms with E-state index in [1.165, 1.54) is 6.92 Å². The summed E-state index contributed by atoms with van der Waals surface area (Å²) in [5.74, 6) is 0.811. The molecule has 2 rings (SSSR count). The Morgan fingerprint density at radius 1 is 1.12 bits per heavy atom. The van der Waals surface area contributed by atoms with E-state index in [0.717, 1.165) is 12.1 Å². The molecule has 0 aliphatic heterocycles. The minimum Gasteiger partial charge on any atom is -0.497 e. The molecule has 0 atom stereocenters. The lowest BCUT2D eigenvalue weighted by molar-refractivity contribution is -0.141. The molecular weight excluding hydrogens is 337 g/mol. The summed E-state index contributed by atoms with van der Waals surface area (Å²) in [5, 5.41) is 2.58.